The van der Waals surface area contributed by atoms with Crippen LogP contribution in [0.2, 0.25) is 10.0 Å². The van der Waals surface area contributed by atoms with Crippen molar-refractivity contribution in [2.24, 2.45) is 0 Å². The number of benzene rings is 2. The maximum absolute atomic E-state index is 12.6. The second kappa shape index (κ2) is 9.72. The summed E-state index contributed by atoms with van der Waals surface area (Å²) in [5, 5.41) is 3.40. The van der Waals surface area contributed by atoms with Gasteiger partial charge in [0.05, 0.1) is 9.92 Å². The fraction of sp³-hybridized carbons (Fsp3) is 0.190. The molecular weight excluding hydrogens is 475 g/mol. The van der Waals surface area contributed by atoms with Crippen LogP contribution in [0, 0.1) is 13.8 Å². The van der Waals surface area contributed by atoms with Gasteiger partial charge in [-0.2, -0.15) is 0 Å². The van der Waals surface area contributed by atoms with Crippen molar-refractivity contribution in [3.05, 3.63) is 70.0 Å². The van der Waals surface area contributed by atoms with Crippen molar-refractivity contribution in [1.82, 2.24) is 9.97 Å². The zero-order valence-electron chi connectivity index (χ0n) is 17.4. The molecule has 3 rings (SSSR count). The molecule has 0 spiro atoms. The van der Waals surface area contributed by atoms with Crippen LogP contribution in [0.15, 0.2) is 53.4 Å². The Morgan fingerprint density at radius 1 is 1.00 bits per heavy atom. The monoisotopic (exact) mass is 494 g/mol. The molecule has 0 saturated heterocycles. The number of carbonyl (C=O) groups excluding carboxylic acids is 1. The number of aromatic nitrogens is 2. The summed E-state index contributed by atoms with van der Waals surface area (Å²) < 4.78 is 33.1. The predicted molar refractivity (Wildman–Crippen MR) is 124 cm³/mol. The Balaban J connectivity index is 1.66. The summed E-state index contributed by atoms with van der Waals surface area (Å²) in [5.41, 5.74) is 1.68. The van der Waals surface area contributed by atoms with E-state index < -0.39 is 22.0 Å². The molecule has 2 aromatic carbocycles. The molecule has 0 aliphatic heterocycles. The lowest BCUT2D eigenvalue weighted by atomic mass is 10.3. The van der Waals surface area contributed by atoms with Crippen LogP contribution in [0.5, 0.6) is 5.75 Å². The number of anilines is 2. The number of nitrogens with one attached hydrogen (secondary N) is 2. The molecule has 0 aliphatic rings. The van der Waals surface area contributed by atoms with Crippen LogP contribution in [0.1, 0.15) is 18.3 Å². The maximum atomic E-state index is 12.6. The fourth-order valence-corrected chi connectivity index (χ4v) is 4.12. The number of aryl methyl sites for hydroxylation is 2. The number of hydrogen-bond donors (Lipinski definition) is 2. The van der Waals surface area contributed by atoms with Gasteiger partial charge in [0.1, 0.15) is 5.75 Å². The van der Waals surface area contributed by atoms with Gasteiger partial charge in [-0.3, -0.25) is 4.79 Å². The van der Waals surface area contributed by atoms with Crippen molar-refractivity contribution in [2.75, 3.05) is 10.0 Å². The van der Waals surface area contributed by atoms with Crippen molar-refractivity contribution in [3.8, 4) is 5.75 Å². The first-order chi connectivity index (χ1) is 15.0. The molecule has 3 aromatic rings. The van der Waals surface area contributed by atoms with E-state index in [2.05, 4.69) is 20.0 Å². The quantitative estimate of drug-likeness (QED) is 0.496. The third-order valence-electron chi connectivity index (χ3n) is 4.21. The third kappa shape index (κ3) is 6.09. The van der Waals surface area contributed by atoms with Crippen LogP contribution in [-0.4, -0.2) is 30.4 Å². The Morgan fingerprint density at radius 3 is 2.22 bits per heavy atom. The molecule has 1 unspecified atom stereocenters. The van der Waals surface area contributed by atoms with Gasteiger partial charge in [-0.05, 0) is 69.3 Å². The third-order valence-corrected chi connectivity index (χ3v) is 6.08. The first-order valence-electron chi connectivity index (χ1n) is 9.41. The molecule has 168 valence electrons. The highest BCUT2D eigenvalue weighted by Gasteiger charge is 2.19. The molecule has 0 aliphatic carbocycles. The number of sulfonamides is 1. The largest absolute Gasteiger partial charge is 0.479 e. The van der Waals surface area contributed by atoms with Gasteiger partial charge in [-0.1, -0.05) is 23.2 Å². The summed E-state index contributed by atoms with van der Waals surface area (Å²) in [6.07, 6.45) is -0.861. The minimum absolute atomic E-state index is 0.00416. The van der Waals surface area contributed by atoms with Crippen molar-refractivity contribution in [1.29, 1.82) is 0 Å². The summed E-state index contributed by atoms with van der Waals surface area (Å²) >= 11 is 11.9. The lowest BCUT2D eigenvalue weighted by Gasteiger charge is -2.16. The van der Waals surface area contributed by atoms with Gasteiger partial charge in [-0.25, -0.2) is 23.1 Å². The standard InChI is InChI=1S/C21H20Cl2N4O4S/c1-12-10-13(2)25-21(24-12)27-32(29,30)17-7-5-16(6-8-17)26-20(28)14(3)31-19-9-4-15(22)11-18(19)23/h4-11,14H,1-3H3,(H,26,28)(H,24,25,27). The number of rotatable bonds is 7. The lowest BCUT2D eigenvalue weighted by molar-refractivity contribution is -0.122. The minimum Gasteiger partial charge on any atom is -0.479 e. The van der Waals surface area contributed by atoms with Gasteiger partial charge in [0, 0.05) is 22.1 Å². The van der Waals surface area contributed by atoms with Gasteiger partial charge in [-0.15, -0.1) is 0 Å². The molecule has 1 atom stereocenters. The molecule has 1 amide bonds. The lowest BCUT2D eigenvalue weighted by Crippen LogP contribution is -2.30. The highest BCUT2D eigenvalue weighted by atomic mass is 35.5. The van der Waals surface area contributed by atoms with Gasteiger partial charge in [0.25, 0.3) is 15.9 Å². The van der Waals surface area contributed by atoms with Crippen LogP contribution in [0.3, 0.4) is 0 Å². The van der Waals surface area contributed by atoms with Crippen molar-refractivity contribution in [2.45, 2.75) is 31.8 Å². The second-order valence-corrected chi connectivity index (χ2v) is 9.45. The average Bonchev–Trinajstić information content (AvgIpc) is 2.69. The predicted octanol–water partition coefficient (Wildman–Crippen LogP) is 4.61. The first-order valence-corrected chi connectivity index (χ1v) is 11.6. The Kier molecular flexibility index (Phi) is 7.22. The molecule has 32 heavy (non-hydrogen) atoms. The van der Waals surface area contributed by atoms with E-state index in [1.165, 1.54) is 30.3 Å². The summed E-state index contributed by atoms with van der Waals surface area (Å²) in [6.45, 7) is 5.05. The molecule has 8 nitrogen and oxygen atoms in total. The average molecular weight is 495 g/mol. The Morgan fingerprint density at radius 2 is 1.62 bits per heavy atom. The van der Waals surface area contributed by atoms with Gasteiger partial charge >= 0.3 is 0 Å². The molecule has 0 saturated carbocycles. The van der Waals surface area contributed by atoms with Crippen molar-refractivity contribution < 1.29 is 17.9 Å². The molecule has 2 N–H and O–H groups in total. The minimum atomic E-state index is -3.90. The van der Waals surface area contributed by atoms with E-state index in [9.17, 15) is 13.2 Å². The van der Waals surface area contributed by atoms with E-state index in [0.29, 0.717) is 27.8 Å². The summed E-state index contributed by atoms with van der Waals surface area (Å²) in [7, 11) is -3.90. The molecule has 1 heterocycles. The zero-order valence-corrected chi connectivity index (χ0v) is 19.7. The number of ether oxygens (including phenoxy) is 1. The second-order valence-electron chi connectivity index (χ2n) is 6.93. The number of amides is 1. The van der Waals surface area contributed by atoms with E-state index in [1.54, 1.807) is 39.0 Å². The Hall–Kier alpha value is -2.88. The van der Waals surface area contributed by atoms with Crippen LogP contribution < -0.4 is 14.8 Å². The Bertz CT molecular complexity index is 1230. The van der Waals surface area contributed by atoms with Crippen LogP contribution in [0.4, 0.5) is 11.6 Å². The first kappa shape index (κ1) is 23.8. The maximum Gasteiger partial charge on any atom is 0.265 e. The number of halogens is 2. The molecule has 0 fully saturated rings. The van der Waals surface area contributed by atoms with Crippen LogP contribution >= 0.6 is 23.2 Å². The number of carbonyl (C=O) groups is 1. The highest BCUT2D eigenvalue weighted by molar-refractivity contribution is 7.92. The molecule has 1 aromatic heterocycles. The molecule has 0 radical (unpaired) electrons. The fourth-order valence-electron chi connectivity index (χ4n) is 2.73. The molecular formula is C21H20Cl2N4O4S. The highest BCUT2D eigenvalue weighted by Crippen LogP contribution is 2.28. The number of hydrogen-bond acceptors (Lipinski definition) is 6. The summed E-state index contributed by atoms with van der Waals surface area (Å²) in [6, 6.07) is 12.1. The summed E-state index contributed by atoms with van der Waals surface area (Å²) in [5.74, 6) is -0.125. The normalized spacial score (nSPS) is 12.2. The van der Waals surface area contributed by atoms with E-state index in [1.807, 2.05) is 0 Å². The molecule has 0 bridgehead atoms. The number of nitrogens with zero attached hydrogens (tertiary/aromatic N) is 2. The van der Waals surface area contributed by atoms with Gasteiger partial charge in [0.15, 0.2) is 6.10 Å². The van der Waals surface area contributed by atoms with Crippen LogP contribution in [-0.2, 0) is 14.8 Å². The smallest absolute Gasteiger partial charge is 0.265 e. The SMILES string of the molecule is Cc1cc(C)nc(NS(=O)(=O)c2ccc(NC(=O)C(C)Oc3ccc(Cl)cc3Cl)cc2)n1. The van der Waals surface area contributed by atoms with Gasteiger partial charge in [0.2, 0.25) is 5.95 Å². The Labute approximate surface area is 196 Å². The van der Waals surface area contributed by atoms with E-state index in [4.69, 9.17) is 27.9 Å². The van der Waals surface area contributed by atoms with Crippen molar-refractivity contribution >= 4 is 50.8 Å². The summed E-state index contributed by atoms with van der Waals surface area (Å²) in [4.78, 5) is 20.6. The van der Waals surface area contributed by atoms with E-state index >= 15 is 0 Å². The van der Waals surface area contributed by atoms with Gasteiger partial charge < -0.3 is 10.1 Å². The zero-order chi connectivity index (χ0) is 23.5. The van der Waals surface area contributed by atoms with Crippen molar-refractivity contribution in [3.63, 3.8) is 0 Å². The molecule has 11 heteroatoms. The van der Waals surface area contributed by atoms with E-state index in [0.717, 1.165) is 0 Å². The topological polar surface area (TPSA) is 110 Å². The van der Waals surface area contributed by atoms with Crippen LogP contribution in [0.25, 0.3) is 0 Å². The van der Waals surface area contributed by atoms with E-state index in [-0.39, 0.29) is 15.9 Å².